The molecule has 28 heavy (non-hydrogen) atoms. The van der Waals surface area contributed by atoms with Gasteiger partial charge in [-0.15, -0.1) is 0 Å². The van der Waals surface area contributed by atoms with E-state index in [4.69, 9.17) is 23.8 Å². The van der Waals surface area contributed by atoms with Crippen LogP contribution in [0.4, 0.5) is 10.1 Å². The minimum Gasteiger partial charge on any atom is -0.369 e. The van der Waals surface area contributed by atoms with Crippen molar-refractivity contribution in [1.82, 2.24) is 16.0 Å². The first-order valence-electron chi connectivity index (χ1n) is 9.10. The van der Waals surface area contributed by atoms with Gasteiger partial charge in [0.1, 0.15) is 5.82 Å². The van der Waals surface area contributed by atoms with E-state index < -0.39 is 0 Å². The molecule has 1 saturated heterocycles. The van der Waals surface area contributed by atoms with Crippen molar-refractivity contribution in [1.29, 1.82) is 0 Å². The standard InChI is InChI=1S/C20H22ClFN4OS/c21-15-3-7-18(8-4-15)26-12-9-17(13-26)25-20(28)24-11-10-23-19(27)14-1-5-16(22)6-2-14/h1-8,17H,9-13H2,(H,23,27)(H2,24,25,28)/t17-/m0/s1. The van der Waals surface area contributed by atoms with Gasteiger partial charge in [-0.2, -0.15) is 0 Å². The highest BCUT2D eigenvalue weighted by Gasteiger charge is 2.23. The molecule has 2 aromatic rings. The number of carbonyl (C=O) groups excluding carboxylic acids is 1. The molecule has 148 valence electrons. The van der Waals surface area contributed by atoms with Crippen molar-refractivity contribution >= 4 is 40.5 Å². The van der Waals surface area contributed by atoms with Crippen LogP contribution >= 0.6 is 23.8 Å². The summed E-state index contributed by atoms with van der Waals surface area (Å²) in [6.07, 6.45) is 0.992. The van der Waals surface area contributed by atoms with Crippen LogP contribution in [-0.4, -0.2) is 43.2 Å². The first-order valence-corrected chi connectivity index (χ1v) is 9.88. The fraction of sp³-hybridized carbons (Fsp3) is 0.300. The average Bonchev–Trinajstić information content (AvgIpc) is 3.14. The van der Waals surface area contributed by atoms with E-state index in [1.165, 1.54) is 24.3 Å². The molecule has 3 rings (SSSR count). The molecule has 0 radical (unpaired) electrons. The highest BCUT2D eigenvalue weighted by molar-refractivity contribution is 7.80. The van der Waals surface area contributed by atoms with Gasteiger partial charge in [-0.1, -0.05) is 11.6 Å². The van der Waals surface area contributed by atoms with E-state index in [9.17, 15) is 9.18 Å². The third-order valence-electron chi connectivity index (χ3n) is 4.52. The number of nitrogens with one attached hydrogen (secondary N) is 3. The van der Waals surface area contributed by atoms with E-state index in [0.29, 0.717) is 23.8 Å². The van der Waals surface area contributed by atoms with Gasteiger partial charge in [-0.3, -0.25) is 4.79 Å². The number of halogens is 2. The van der Waals surface area contributed by atoms with Gasteiger partial charge >= 0.3 is 0 Å². The summed E-state index contributed by atoms with van der Waals surface area (Å²) in [5, 5.41) is 10.5. The van der Waals surface area contributed by atoms with Crippen molar-refractivity contribution in [3.63, 3.8) is 0 Å². The maximum absolute atomic E-state index is 12.9. The molecule has 8 heteroatoms. The average molecular weight is 421 g/mol. The molecule has 3 N–H and O–H groups in total. The number of hydrogen-bond acceptors (Lipinski definition) is 3. The molecular formula is C20H22ClFN4OS. The number of carbonyl (C=O) groups is 1. The van der Waals surface area contributed by atoms with E-state index in [2.05, 4.69) is 20.9 Å². The smallest absolute Gasteiger partial charge is 0.251 e. The topological polar surface area (TPSA) is 56.4 Å². The number of hydrogen-bond donors (Lipinski definition) is 3. The maximum atomic E-state index is 12.9. The van der Waals surface area contributed by atoms with Gasteiger partial charge in [-0.25, -0.2) is 4.39 Å². The Morgan fingerprint density at radius 3 is 2.50 bits per heavy atom. The molecule has 0 saturated carbocycles. The monoisotopic (exact) mass is 420 g/mol. The molecule has 1 amide bonds. The third kappa shape index (κ3) is 5.81. The second-order valence-corrected chi connectivity index (χ2v) is 7.42. The normalized spacial score (nSPS) is 15.9. The Bertz CT molecular complexity index is 816. The Kier molecular flexibility index (Phi) is 7.06. The zero-order valence-electron chi connectivity index (χ0n) is 15.3. The first kappa shape index (κ1) is 20.4. The van der Waals surface area contributed by atoms with Gasteiger partial charge in [0, 0.05) is 48.5 Å². The van der Waals surface area contributed by atoms with E-state index in [0.717, 1.165) is 30.2 Å². The molecule has 1 fully saturated rings. The van der Waals surface area contributed by atoms with Crippen LogP contribution in [0.2, 0.25) is 5.02 Å². The summed E-state index contributed by atoms with van der Waals surface area (Å²) in [6.45, 7) is 2.74. The van der Waals surface area contributed by atoms with Gasteiger partial charge in [0.2, 0.25) is 0 Å². The number of nitrogens with zero attached hydrogens (tertiary/aromatic N) is 1. The minimum absolute atomic E-state index is 0.241. The molecule has 1 heterocycles. The zero-order valence-corrected chi connectivity index (χ0v) is 16.8. The van der Waals surface area contributed by atoms with Gasteiger partial charge in [0.15, 0.2) is 5.11 Å². The van der Waals surface area contributed by atoms with Crippen LogP contribution in [0.1, 0.15) is 16.8 Å². The third-order valence-corrected chi connectivity index (χ3v) is 5.03. The Morgan fingerprint density at radius 1 is 1.11 bits per heavy atom. The van der Waals surface area contributed by atoms with Crippen molar-refractivity contribution in [2.24, 2.45) is 0 Å². The van der Waals surface area contributed by atoms with Crippen LogP contribution in [0, 0.1) is 5.82 Å². The van der Waals surface area contributed by atoms with Crippen LogP contribution in [0.3, 0.4) is 0 Å². The van der Waals surface area contributed by atoms with Crippen molar-refractivity contribution in [3.05, 3.63) is 64.9 Å². The quantitative estimate of drug-likeness (QED) is 0.495. The molecule has 0 bridgehead atoms. The van der Waals surface area contributed by atoms with Crippen molar-refractivity contribution < 1.29 is 9.18 Å². The van der Waals surface area contributed by atoms with Gasteiger partial charge in [0.05, 0.1) is 0 Å². The molecular weight excluding hydrogens is 399 g/mol. The van der Waals surface area contributed by atoms with Gasteiger partial charge < -0.3 is 20.9 Å². The predicted octanol–water partition coefficient (Wildman–Crippen LogP) is 2.95. The Balaban J connectivity index is 1.34. The lowest BCUT2D eigenvalue weighted by atomic mass is 10.2. The molecule has 0 aromatic heterocycles. The summed E-state index contributed by atoms with van der Waals surface area (Å²) in [6, 6.07) is 13.5. The lowest BCUT2D eigenvalue weighted by Crippen LogP contribution is -2.45. The summed E-state index contributed by atoms with van der Waals surface area (Å²) in [5.41, 5.74) is 1.58. The van der Waals surface area contributed by atoms with Crippen LogP contribution < -0.4 is 20.9 Å². The zero-order chi connectivity index (χ0) is 19.9. The van der Waals surface area contributed by atoms with E-state index >= 15 is 0 Å². The van der Waals surface area contributed by atoms with Crippen molar-refractivity contribution in [3.8, 4) is 0 Å². The second kappa shape index (κ2) is 9.71. The number of amides is 1. The Hall–Kier alpha value is -2.38. The van der Waals surface area contributed by atoms with Crippen molar-refractivity contribution in [2.75, 3.05) is 31.1 Å². The Morgan fingerprint density at radius 2 is 1.79 bits per heavy atom. The largest absolute Gasteiger partial charge is 0.369 e. The molecule has 1 aliphatic heterocycles. The van der Waals surface area contributed by atoms with Crippen LogP contribution in [0.25, 0.3) is 0 Å². The molecule has 1 aliphatic rings. The fourth-order valence-electron chi connectivity index (χ4n) is 3.06. The van der Waals surface area contributed by atoms with Crippen LogP contribution in [0.15, 0.2) is 48.5 Å². The highest BCUT2D eigenvalue weighted by atomic mass is 35.5. The number of anilines is 1. The van der Waals surface area contributed by atoms with E-state index in [1.807, 2.05) is 24.3 Å². The number of thiocarbonyl (C=S) groups is 1. The first-order chi connectivity index (χ1) is 13.5. The minimum atomic E-state index is -0.365. The Labute approximate surface area is 174 Å². The summed E-state index contributed by atoms with van der Waals surface area (Å²) in [4.78, 5) is 14.2. The number of benzene rings is 2. The molecule has 0 unspecified atom stereocenters. The molecule has 0 aliphatic carbocycles. The lowest BCUT2D eigenvalue weighted by molar-refractivity contribution is 0.0954. The summed E-state index contributed by atoms with van der Waals surface area (Å²) in [7, 11) is 0. The maximum Gasteiger partial charge on any atom is 0.251 e. The summed E-state index contributed by atoms with van der Waals surface area (Å²) >= 11 is 11.3. The highest BCUT2D eigenvalue weighted by Crippen LogP contribution is 2.22. The van der Waals surface area contributed by atoms with Crippen LogP contribution in [-0.2, 0) is 0 Å². The predicted molar refractivity (Wildman–Crippen MR) is 115 cm³/mol. The summed E-state index contributed by atoms with van der Waals surface area (Å²) in [5.74, 6) is -0.605. The van der Waals surface area contributed by atoms with Crippen molar-refractivity contribution in [2.45, 2.75) is 12.5 Å². The van der Waals surface area contributed by atoms with Gasteiger partial charge in [-0.05, 0) is 67.2 Å². The lowest BCUT2D eigenvalue weighted by Gasteiger charge is -2.20. The molecule has 2 aromatic carbocycles. The number of rotatable bonds is 6. The fourth-order valence-corrected chi connectivity index (χ4v) is 3.45. The summed E-state index contributed by atoms with van der Waals surface area (Å²) < 4.78 is 12.9. The second-order valence-electron chi connectivity index (χ2n) is 6.57. The van der Waals surface area contributed by atoms with Crippen LogP contribution in [0.5, 0.6) is 0 Å². The molecule has 1 atom stereocenters. The SMILES string of the molecule is O=C(NCCNC(=S)N[C@H]1CCN(c2ccc(Cl)cc2)C1)c1ccc(F)cc1. The van der Waals surface area contributed by atoms with E-state index in [1.54, 1.807) is 0 Å². The van der Waals surface area contributed by atoms with E-state index in [-0.39, 0.29) is 17.8 Å². The molecule has 0 spiro atoms. The van der Waals surface area contributed by atoms with Gasteiger partial charge in [0.25, 0.3) is 5.91 Å². The molecule has 5 nitrogen and oxygen atoms in total.